The van der Waals surface area contributed by atoms with Gasteiger partial charge in [-0.2, -0.15) is 5.26 Å². The van der Waals surface area contributed by atoms with Crippen LogP contribution in [0.2, 0.25) is 0 Å². The van der Waals surface area contributed by atoms with Crippen LogP contribution in [0.1, 0.15) is 22.3 Å². The van der Waals surface area contributed by atoms with E-state index >= 15 is 0 Å². The quantitative estimate of drug-likeness (QED) is 0.405. The molecule has 29 heavy (non-hydrogen) atoms. The number of aliphatic imine (C=N–C) groups is 1. The second-order valence-corrected chi connectivity index (χ2v) is 6.14. The Balaban J connectivity index is 2.10. The molecule has 2 heterocycles. The Morgan fingerprint density at radius 3 is 2.83 bits per heavy atom. The Kier molecular flexibility index (Phi) is 5.46. The van der Waals surface area contributed by atoms with E-state index in [-0.39, 0.29) is 34.8 Å². The van der Waals surface area contributed by atoms with E-state index in [2.05, 4.69) is 9.98 Å². The number of rotatable bonds is 5. The third-order valence-corrected chi connectivity index (χ3v) is 4.29. The van der Waals surface area contributed by atoms with Crippen molar-refractivity contribution in [3.63, 3.8) is 0 Å². The smallest absolute Gasteiger partial charge is 0.271 e. The monoisotopic (exact) mass is 389 g/mol. The van der Waals surface area contributed by atoms with E-state index in [0.717, 1.165) is 4.57 Å². The third kappa shape index (κ3) is 4.01. The number of pyridine rings is 2. The molecule has 1 aromatic carbocycles. The highest BCUT2D eigenvalue weighted by Crippen LogP contribution is 2.23. The van der Waals surface area contributed by atoms with Gasteiger partial charge >= 0.3 is 0 Å². The summed E-state index contributed by atoms with van der Waals surface area (Å²) in [5, 5.41) is 31.0. The number of nitrogens with zero attached hydrogens (tertiary/aromatic N) is 5. The zero-order valence-corrected chi connectivity index (χ0v) is 15.3. The fourth-order valence-corrected chi connectivity index (χ4v) is 2.77. The van der Waals surface area contributed by atoms with Crippen molar-refractivity contribution in [1.29, 1.82) is 5.26 Å². The number of hydrogen-bond donors (Lipinski definition) is 1. The number of nitro benzene ring substituents is 1. The minimum absolute atomic E-state index is 0.0190. The number of non-ortho nitro benzene ring substituents is 1. The van der Waals surface area contributed by atoms with E-state index in [9.17, 15) is 25.3 Å². The van der Waals surface area contributed by atoms with Crippen molar-refractivity contribution >= 4 is 17.6 Å². The lowest BCUT2D eigenvalue weighted by atomic mass is 10.1. The fourth-order valence-electron chi connectivity index (χ4n) is 2.77. The number of aromatic hydroxyl groups is 1. The third-order valence-electron chi connectivity index (χ3n) is 4.29. The van der Waals surface area contributed by atoms with E-state index in [0.29, 0.717) is 11.3 Å². The van der Waals surface area contributed by atoms with Crippen molar-refractivity contribution in [2.45, 2.75) is 13.5 Å². The molecular weight excluding hydrogens is 374 g/mol. The molecule has 0 amide bonds. The lowest BCUT2D eigenvalue weighted by Gasteiger charge is -2.14. The molecule has 0 saturated heterocycles. The van der Waals surface area contributed by atoms with Crippen LogP contribution >= 0.6 is 0 Å². The zero-order valence-electron chi connectivity index (χ0n) is 15.3. The van der Waals surface area contributed by atoms with E-state index in [4.69, 9.17) is 0 Å². The highest BCUT2D eigenvalue weighted by atomic mass is 16.6. The van der Waals surface area contributed by atoms with Crippen molar-refractivity contribution in [2.75, 3.05) is 0 Å². The molecule has 2 aromatic heterocycles. The summed E-state index contributed by atoms with van der Waals surface area (Å²) in [7, 11) is 0. The van der Waals surface area contributed by atoms with Crippen LogP contribution in [0, 0.1) is 28.4 Å². The van der Waals surface area contributed by atoms with Crippen LogP contribution in [-0.2, 0) is 6.54 Å². The second kappa shape index (κ2) is 8.14. The standard InChI is InChI=1S/C20H15N5O4/c1-13-17(9-21)19(26)24(12-14-4-3-7-22-10-14)20(27)18(13)11-23-15-5-2-6-16(8-15)25(28)29/h2-8,10-11,27H,12H2,1H3. The van der Waals surface area contributed by atoms with Crippen LogP contribution in [0.25, 0.3) is 0 Å². The van der Waals surface area contributed by atoms with Crippen molar-refractivity contribution in [1.82, 2.24) is 9.55 Å². The number of aromatic nitrogens is 2. The van der Waals surface area contributed by atoms with Gasteiger partial charge in [-0.05, 0) is 30.2 Å². The van der Waals surface area contributed by atoms with E-state index in [1.54, 1.807) is 30.6 Å². The highest BCUT2D eigenvalue weighted by Gasteiger charge is 2.18. The summed E-state index contributed by atoms with van der Waals surface area (Å²) in [6.07, 6.45) is 4.41. The van der Waals surface area contributed by atoms with Crippen LogP contribution in [0.3, 0.4) is 0 Å². The summed E-state index contributed by atoms with van der Waals surface area (Å²) >= 11 is 0. The Labute approximate surface area is 165 Å². The average Bonchev–Trinajstić information content (AvgIpc) is 2.72. The molecule has 0 spiro atoms. The Hall–Kier alpha value is -4.32. The number of benzene rings is 1. The number of nitriles is 1. The molecule has 0 aliphatic rings. The SMILES string of the molecule is Cc1c(C=Nc2cccc([N+](=O)[O-])c2)c(O)n(Cc2cccnc2)c(=O)c1C#N. The van der Waals surface area contributed by atoms with Gasteiger partial charge < -0.3 is 5.11 Å². The molecule has 0 saturated carbocycles. The fraction of sp³-hybridized carbons (Fsp3) is 0.100. The predicted octanol–water partition coefficient (Wildman–Crippen LogP) is 2.84. The summed E-state index contributed by atoms with van der Waals surface area (Å²) < 4.78 is 1.07. The van der Waals surface area contributed by atoms with Gasteiger partial charge in [-0.15, -0.1) is 0 Å². The molecule has 0 atom stereocenters. The van der Waals surface area contributed by atoms with Gasteiger partial charge in [-0.1, -0.05) is 12.1 Å². The maximum Gasteiger partial charge on any atom is 0.271 e. The molecule has 3 aromatic rings. The largest absolute Gasteiger partial charge is 0.494 e. The minimum Gasteiger partial charge on any atom is -0.494 e. The van der Waals surface area contributed by atoms with Gasteiger partial charge in [0.1, 0.15) is 11.6 Å². The Morgan fingerprint density at radius 2 is 2.17 bits per heavy atom. The Bertz CT molecular complexity index is 1210. The van der Waals surface area contributed by atoms with Gasteiger partial charge in [0.2, 0.25) is 5.88 Å². The summed E-state index contributed by atoms with van der Waals surface area (Å²) in [5.74, 6) is -0.357. The van der Waals surface area contributed by atoms with Crippen molar-refractivity contribution in [3.8, 4) is 11.9 Å². The molecule has 0 fully saturated rings. The molecular formula is C20H15N5O4. The van der Waals surface area contributed by atoms with Crippen molar-refractivity contribution in [2.24, 2.45) is 4.99 Å². The van der Waals surface area contributed by atoms with Gasteiger partial charge in [0.25, 0.3) is 11.2 Å². The number of nitro groups is 1. The zero-order chi connectivity index (χ0) is 21.0. The molecule has 0 unspecified atom stereocenters. The molecule has 9 heteroatoms. The lowest BCUT2D eigenvalue weighted by molar-refractivity contribution is -0.384. The second-order valence-electron chi connectivity index (χ2n) is 6.14. The highest BCUT2D eigenvalue weighted by molar-refractivity contribution is 5.87. The molecule has 3 rings (SSSR count). The lowest BCUT2D eigenvalue weighted by Crippen LogP contribution is -2.26. The summed E-state index contributed by atoms with van der Waals surface area (Å²) in [6, 6.07) is 11.0. The van der Waals surface area contributed by atoms with Crippen LogP contribution in [0.4, 0.5) is 11.4 Å². The molecule has 0 aliphatic heterocycles. The molecule has 0 radical (unpaired) electrons. The van der Waals surface area contributed by atoms with Gasteiger partial charge in [0, 0.05) is 30.7 Å². The summed E-state index contributed by atoms with van der Waals surface area (Å²) in [6.45, 7) is 1.55. The first-order valence-corrected chi connectivity index (χ1v) is 8.46. The average molecular weight is 389 g/mol. The normalized spacial score (nSPS) is 10.8. The van der Waals surface area contributed by atoms with Crippen molar-refractivity contribution < 1.29 is 10.0 Å². The van der Waals surface area contributed by atoms with E-state index in [1.165, 1.54) is 31.3 Å². The van der Waals surface area contributed by atoms with Crippen LogP contribution in [-0.4, -0.2) is 25.8 Å². The predicted molar refractivity (Wildman–Crippen MR) is 106 cm³/mol. The molecule has 0 aliphatic carbocycles. The first-order chi connectivity index (χ1) is 13.9. The van der Waals surface area contributed by atoms with Gasteiger partial charge in [-0.3, -0.25) is 29.5 Å². The molecule has 1 N–H and O–H groups in total. The van der Waals surface area contributed by atoms with E-state index < -0.39 is 10.5 Å². The minimum atomic E-state index is -0.626. The maximum absolute atomic E-state index is 12.6. The van der Waals surface area contributed by atoms with Crippen LogP contribution in [0.15, 0.2) is 58.6 Å². The number of hydrogen-bond acceptors (Lipinski definition) is 7. The molecule has 144 valence electrons. The maximum atomic E-state index is 12.6. The van der Waals surface area contributed by atoms with Gasteiger partial charge in [-0.25, -0.2) is 0 Å². The first kappa shape index (κ1) is 19.4. The van der Waals surface area contributed by atoms with Gasteiger partial charge in [0.05, 0.1) is 22.7 Å². The van der Waals surface area contributed by atoms with Crippen molar-refractivity contribution in [3.05, 3.63) is 91.5 Å². The summed E-state index contributed by atoms with van der Waals surface area (Å²) in [5.41, 5.74) is 0.537. The van der Waals surface area contributed by atoms with Crippen LogP contribution in [0.5, 0.6) is 5.88 Å². The van der Waals surface area contributed by atoms with Crippen LogP contribution < -0.4 is 5.56 Å². The van der Waals surface area contributed by atoms with Gasteiger partial charge in [0.15, 0.2) is 0 Å². The summed E-state index contributed by atoms with van der Waals surface area (Å²) in [4.78, 5) is 31.1. The Morgan fingerprint density at radius 1 is 1.38 bits per heavy atom. The topological polar surface area (TPSA) is 134 Å². The van der Waals surface area contributed by atoms with E-state index in [1.807, 2.05) is 6.07 Å². The molecule has 0 bridgehead atoms. The first-order valence-electron chi connectivity index (χ1n) is 8.46. The molecule has 9 nitrogen and oxygen atoms in total.